The first-order valence-corrected chi connectivity index (χ1v) is 8.12. The minimum absolute atomic E-state index is 0.0102. The highest BCUT2D eigenvalue weighted by atomic mass is 79.9. The third-order valence-electron chi connectivity index (χ3n) is 3.77. The molecule has 0 saturated heterocycles. The number of amides is 1. The Bertz CT molecular complexity index is 510. The van der Waals surface area contributed by atoms with Crippen LogP contribution in [0.15, 0.2) is 28.7 Å². The fourth-order valence-corrected chi connectivity index (χ4v) is 3.03. The molecule has 114 valence electrons. The Labute approximate surface area is 133 Å². The minimum Gasteiger partial charge on any atom is -0.466 e. The second kappa shape index (κ2) is 7.59. The quantitative estimate of drug-likeness (QED) is 0.844. The molecule has 0 radical (unpaired) electrons. The van der Waals surface area contributed by atoms with Crippen molar-refractivity contribution < 1.29 is 14.3 Å². The van der Waals surface area contributed by atoms with Crippen LogP contribution in [0, 0.1) is 5.92 Å². The monoisotopic (exact) mass is 353 g/mol. The van der Waals surface area contributed by atoms with Crippen LogP contribution < -0.4 is 5.32 Å². The molecule has 5 heteroatoms. The Hall–Kier alpha value is -1.36. The van der Waals surface area contributed by atoms with Gasteiger partial charge in [0.2, 0.25) is 0 Å². The van der Waals surface area contributed by atoms with E-state index in [1.807, 2.05) is 19.1 Å². The molecule has 0 aromatic heterocycles. The van der Waals surface area contributed by atoms with Crippen molar-refractivity contribution in [1.29, 1.82) is 0 Å². The summed E-state index contributed by atoms with van der Waals surface area (Å²) in [6.45, 7) is 2.25. The van der Waals surface area contributed by atoms with Crippen LogP contribution in [0.5, 0.6) is 0 Å². The molecule has 0 heterocycles. The topological polar surface area (TPSA) is 55.4 Å². The van der Waals surface area contributed by atoms with E-state index in [2.05, 4.69) is 21.2 Å². The van der Waals surface area contributed by atoms with Gasteiger partial charge >= 0.3 is 5.97 Å². The van der Waals surface area contributed by atoms with Crippen molar-refractivity contribution in [2.75, 3.05) is 6.61 Å². The van der Waals surface area contributed by atoms with Crippen molar-refractivity contribution in [3.05, 3.63) is 34.3 Å². The molecular weight excluding hydrogens is 334 g/mol. The molecule has 1 saturated carbocycles. The Morgan fingerprint density at radius 3 is 2.62 bits per heavy atom. The molecule has 0 atom stereocenters. The smallest absolute Gasteiger partial charge is 0.308 e. The SMILES string of the molecule is CCOC(=O)C1CCC(NC(=O)c2cccc(Br)c2)CC1. The van der Waals surface area contributed by atoms with Gasteiger partial charge in [-0.05, 0) is 50.8 Å². The maximum Gasteiger partial charge on any atom is 0.308 e. The standard InChI is InChI=1S/C16H20BrNO3/c1-2-21-16(20)11-6-8-14(9-7-11)18-15(19)12-4-3-5-13(17)10-12/h3-5,10-11,14H,2,6-9H2,1H3,(H,18,19). The molecule has 1 aromatic rings. The van der Waals surface area contributed by atoms with Crippen LogP contribution in [0.25, 0.3) is 0 Å². The molecule has 1 fully saturated rings. The van der Waals surface area contributed by atoms with E-state index in [-0.39, 0.29) is 23.8 Å². The van der Waals surface area contributed by atoms with Gasteiger partial charge in [-0.3, -0.25) is 9.59 Å². The van der Waals surface area contributed by atoms with Gasteiger partial charge in [0.15, 0.2) is 0 Å². The van der Waals surface area contributed by atoms with Crippen molar-refractivity contribution >= 4 is 27.8 Å². The predicted molar refractivity (Wildman–Crippen MR) is 84.0 cm³/mol. The van der Waals surface area contributed by atoms with E-state index >= 15 is 0 Å². The zero-order valence-electron chi connectivity index (χ0n) is 12.1. The molecule has 1 N–H and O–H groups in total. The number of nitrogens with one attached hydrogen (secondary N) is 1. The normalized spacial score (nSPS) is 21.6. The van der Waals surface area contributed by atoms with Gasteiger partial charge in [0.1, 0.15) is 0 Å². The number of rotatable bonds is 4. The van der Waals surface area contributed by atoms with Crippen molar-refractivity contribution in [2.24, 2.45) is 5.92 Å². The van der Waals surface area contributed by atoms with E-state index in [9.17, 15) is 9.59 Å². The molecule has 0 unspecified atom stereocenters. The lowest BCUT2D eigenvalue weighted by Gasteiger charge is -2.27. The first-order valence-electron chi connectivity index (χ1n) is 7.33. The molecule has 1 aliphatic rings. The first-order chi connectivity index (χ1) is 10.1. The van der Waals surface area contributed by atoms with Crippen LogP contribution in [-0.4, -0.2) is 24.5 Å². The molecular formula is C16H20BrNO3. The summed E-state index contributed by atoms with van der Waals surface area (Å²) in [5, 5.41) is 3.04. The number of hydrogen-bond donors (Lipinski definition) is 1. The highest BCUT2D eigenvalue weighted by molar-refractivity contribution is 9.10. The number of ether oxygens (including phenoxy) is 1. The minimum atomic E-state index is -0.103. The van der Waals surface area contributed by atoms with Crippen LogP contribution in [0.3, 0.4) is 0 Å². The van der Waals surface area contributed by atoms with E-state index in [0.29, 0.717) is 12.2 Å². The van der Waals surface area contributed by atoms with Gasteiger partial charge in [0.05, 0.1) is 12.5 Å². The summed E-state index contributed by atoms with van der Waals surface area (Å²) in [6.07, 6.45) is 3.21. The Balaban J connectivity index is 1.83. The van der Waals surface area contributed by atoms with E-state index in [1.165, 1.54) is 0 Å². The zero-order chi connectivity index (χ0) is 15.2. The number of hydrogen-bond acceptors (Lipinski definition) is 3. The summed E-state index contributed by atoms with van der Waals surface area (Å²) in [5.74, 6) is -0.172. The van der Waals surface area contributed by atoms with Gasteiger partial charge in [0.25, 0.3) is 5.91 Å². The third kappa shape index (κ3) is 4.56. The van der Waals surface area contributed by atoms with Gasteiger partial charge in [-0.2, -0.15) is 0 Å². The summed E-state index contributed by atoms with van der Waals surface area (Å²) >= 11 is 3.36. The molecule has 2 rings (SSSR count). The van der Waals surface area contributed by atoms with Gasteiger partial charge in [-0.15, -0.1) is 0 Å². The summed E-state index contributed by atoms with van der Waals surface area (Å²) in [5.41, 5.74) is 0.650. The fraction of sp³-hybridized carbons (Fsp3) is 0.500. The van der Waals surface area contributed by atoms with Crippen LogP contribution in [0.4, 0.5) is 0 Å². The molecule has 1 aliphatic carbocycles. The molecule has 1 amide bonds. The van der Waals surface area contributed by atoms with Crippen LogP contribution >= 0.6 is 15.9 Å². The second-order valence-corrected chi connectivity index (χ2v) is 6.20. The zero-order valence-corrected chi connectivity index (χ0v) is 13.7. The van der Waals surface area contributed by atoms with Gasteiger partial charge in [-0.1, -0.05) is 22.0 Å². The van der Waals surface area contributed by atoms with E-state index in [1.54, 1.807) is 12.1 Å². The Kier molecular flexibility index (Phi) is 5.79. The highest BCUT2D eigenvalue weighted by Crippen LogP contribution is 2.25. The van der Waals surface area contributed by atoms with E-state index < -0.39 is 0 Å². The van der Waals surface area contributed by atoms with Crippen molar-refractivity contribution in [3.8, 4) is 0 Å². The van der Waals surface area contributed by atoms with Crippen molar-refractivity contribution in [1.82, 2.24) is 5.32 Å². The average molecular weight is 354 g/mol. The van der Waals surface area contributed by atoms with E-state index in [4.69, 9.17) is 4.74 Å². The number of benzene rings is 1. The number of carbonyl (C=O) groups is 2. The average Bonchev–Trinajstić information content (AvgIpc) is 2.48. The van der Waals surface area contributed by atoms with Crippen LogP contribution in [-0.2, 0) is 9.53 Å². The molecule has 21 heavy (non-hydrogen) atoms. The first kappa shape index (κ1) is 16.0. The van der Waals surface area contributed by atoms with Crippen molar-refractivity contribution in [2.45, 2.75) is 38.6 Å². The summed E-state index contributed by atoms with van der Waals surface area (Å²) in [7, 11) is 0. The van der Waals surface area contributed by atoms with E-state index in [0.717, 1.165) is 30.2 Å². The molecule has 0 spiro atoms. The second-order valence-electron chi connectivity index (χ2n) is 5.28. The Morgan fingerprint density at radius 1 is 1.29 bits per heavy atom. The maximum atomic E-state index is 12.2. The molecule has 4 nitrogen and oxygen atoms in total. The third-order valence-corrected chi connectivity index (χ3v) is 4.26. The van der Waals surface area contributed by atoms with Crippen molar-refractivity contribution in [3.63, 3.8) is 0 Å². The largest absolute Gasteiger partial charge is 0.466 e. The lowest BCUT2D eigenvalue weighted by molar-refractivity contribution is -0.149. The maximum absolute atomic E-state index is 12.2. The fourth-order valence-electron chi connectivity index (χ4n) is 2.63. The number of halogens is 1. The number of esters is 1. The summed E-state index contributed by atoms with van der Waals surface area (Å²) in [4.78, 5) is 23.8. The van der Waals surface area contributed by atoms with Gasteiger partial charge in [0, 0.05) is 16.1 Å². The van der Waals surface area contributed by atoms with Gasteiger partial charge < -0.3 is 10.1 Å². The van der Waals surface area contributed by atoms with Crippen LogP contribution in [0.1, 0.15) is 43.0 Å². The summed E-state index contributed by atoms with van der Waals surface area (Å²) < 4.78 is 5.94. The summed E-state index contributed by atoms with van der Waals surface area (Å²) in [6, 6.07) is 7.48. The lowest BCUT2D eigenvalue weighted by Crippen LogP contribution is -2.39. The Morgan fingerprint density at radius 2 is 2.00 bits per heavy atom. The lowest BCUT2D eigenvalue weighted by atomic mass is 9.86. The molecule has 0 bridgehead atoms. The number of carbonyl (C=O) groups excluding carboxylic acids is 2. The highest BCUT2D eigenvalue weighted by Gasteiger charge is 2.28. The molecule has 1 aromatic carbocycles. The van der Waals surface area contributed by atoms with Crippen LogP contribution in [0.2, 0.25) is 0 Å². The molecule has 0 aliphatic heterocycles. The van der Waals surface area contributed by atoms with Gasteiger partial charge in [-0.25, -0.2) is 0 Å². The predicted octanol–water partition coefficient (Wildman–Crippen LogP) is 3.30.